The Morgan fingerprint density at radius 2 is 1.93 bits per heavy atom. The van der Waals surface area contributed by atoms with Gasteiger partial charge in [0.05, 0.1) is 15.7 Å². The highest BCUT2D eigenvalue weighted by Gasteiger charge is 2.37. The van der Waals surface area contributed by atoms with Crippen LogP contribution in [0.3, 0.4) is 0 Å². The van der Waals surface area contributed by atoms with Crippen LogP contribution in [0, 0.1) is 0 Å². The van der Waals surface area contributed by atoms with Gasteiger partial charge in [-0.2, -0.15) is 5.10 Å². The third-order valence-electron chi connectivity index (χ3n) is 5.01. The van der Waals surface area contributed by atoms with Crippen LogP contribution in [0.4, 0.5) is 0 Å². The number of benzene rings is 2. The number of sulfone groups is 1. The second kappa shape index (κ2) is 7.17. The van der Waals surface area contributed by atoms with E-state index < -0.39 is 15.1 Å². The third kappa shape index (κ3) is 3.33. The highest BCUT2D eigenvalue weighted by Crippen LogP contribution is 2.28. The largest absolute Gasteiger partial charge is 0.336 e. The molecule has 1 aromatic heterocycles. The zero-order valence-electron chi connectivity index (χ0n) is 15.0. The lowest BCUT2D eigenvalue weighted by Crippen LogP contribution is -2.33. The lowest BCUT2D eigenvalue weighted by molar-refractivity contribution is 0.0784. The van der Waals surface area contributed by atoms with Gasteiger partial charge in [-0.25, -0.2) is 8.42 Å². The van der Waals surface area contributed by atoms with Crippen LogP contribution >= 0.6 is 27.5 Å². The highest BCUT2D eigenvalue weighted by atomic mass is 79.9. The van der Waals surface area contributed by atoms with Crippen LogP contribution in [-0.4, -0.2) is 47.3 Å². The zero-order chi connectivity index (χ0) is 20.1. The second-order valence-corrected chi connectivity index (χ2v) is 10.4. The molecule has 0 bridgehead atoms. The summed E-state index contributed by atoms with van der Waals surface area (Å²) in [6.45, 7) is 0.548. The average Bonchev–Trinajstić information content (AvgIpc) is 3.26. The molecule has 1 aliphatic rings. The molecule has 28 heavy (non-hydrogen) atoms. The van der Waals surface area contributed by atoms with Gasteiger partial charge in [0.25, 0.3) is 5.91 Å². The lowest BCUT2D eigenvalue weighted by Gasteiger charge is -2.17. The third-order valence-corrected chi connectivity index (χ3v) is 7.95. The topological polar surface area (TPSA) is 72.3 Å². The molecule has 1 fully saturated rings. The van der Waals surface area contributed by atoms with Gasteiger partial charge in [-0.05, 0) is 48.9 Å². The normalized spacial score (nSPS) is 17.4. The fraction of sp³-hybridized carbons (Fsp3) is 0.263. The minimum Gasteiger partial charge on any atom is -0.336 e. The number of carbonyl (C=O) groups is 1. The monoisotopic (exact) mass is 481 g/mol. The Bertz CT molecular complexity index is 1180. The molecule has 2 aromatic carbocycles. The van der Waals surface area contributed by atoms with Crippen LogP contribution in [0.25, 0.3) is 10.9 Å². The van der Waals surface area contributed by atoms with Crippen LogP contribution in [0.1, 0.15) is 16.9 Å². The van der Waals surface area contributed by atoms with Crippen molar-refractivity contribution in [1.29, 1.82) is 0 Å². The van der Waals surface area contributed by atoms with Crippen molar-refractivity contribution >= 4 is 54.2 Å². The van der Waals surface area contributed by atoms with Crippen molar-refractivity contribution in [3.63, 3.8) is 0 Å². The number of nitrogens with zero attached hydrogens (tertiary/aromatic N) is 3. The Hall–Kier alpha value is -1.90. The van der Waals surface area contributed by atoms with E-state index in [0.29, 0.717) is 29.2 Å². The van der Waals surface area contributed by atoms with E-state index in [2.05, 4.69) is 21.0 Å². The highest BCUT2D eigenvalue weighted by molar-refractivity contribution is 9.10. The van der Waals surface area contributed by atoms with Crippen LogP contribution in [0.5, 0.6) is 0 Å². The van der Waals surface area contributed by atoms with E-state index >= 15 is 0 Å². The van der Waals surface area contributed by atoms with Crippen molar-refractivity contribution in [2.75, 3.05) is 13.1 Å². The number of carbonyl (C=O) groups excluding carboxylic acids is 1. The predicted molar refractivity (Wildman–Crippen MR) is 111 cm³/mol. The maximum Gasteiger partial charge on any atom is 0.272 e. The summed E-state index contributed by atoms with van der Waals surface area (Å²) in [5, 5.41) is 5.00. The summed E-state index contributed by atoms with van der Waals surface area (Å²) in [5.41, 5.74) is 1.18. The van der Waals surface area contributed by atoms with Gasteiger partial charge in [0.1, 0.15) is 5.69 Å². The fourth-order valence-corrected chi connectivity index (χ4v) is 5.73. The molecule has 0 aliphatic carbocycles. The van der Waals surface area contributed by atoms with Crippen molar-refractivity contribution in [3.8, 4) is 0 Å². The minimum absolute atomic E-state index is 0.160. The number of rotatable bonds is 3. The summed E-state index contributed by atoms with van der Waals surface area (Å²) in [4.78, 5) is 14.9. The summed E-state index contributed by atoms with van der Waals surface area (Å²) in [6, 6.07) is 11.7. The molecule has 0 saturated carbocycles. The van der Waals surface area contributed by atoms with E-state index in [-0.39, 0.29) is 17.3 Å². The summed E-state index contributed by atoms with van der Waals surface area (Å²) in [5.74, 6) is -0.207. The first kappa shape index (κ1) is 19.4. The van der Waals surface area contributed by atoms with Gasteiger partial charge >= 0.3 is 0 Å². The Morgan fingerprint density at radius 3 is 2.64 bits per heavy atom. The molecule has 1 aliphatic heterocycles. The molecule has 4 rings (SSSR count). The number of hydrogen-bond donors (Lipinski definition) is 0. The molecular formula is C19H17BrClN3O3S. The number of hydrogen-bond acceptors (Lipinski definition) is 4. The van der Waals surface area contributed by atoms with Gasteiger partial charge in [0.2, 0.25) is 0 Å². The molecule has 3 aromatic rings. The van der Waals surface area contributed by atoms with Crippen molar-refractivity contribution in [2.24, 2.45) is 7.05 Å². The van der Waals surface area contributed by atoms with Gasteiger partial charge in [-0.15, -0.1) is 0 Å². The number of fused-ring (bicyclic) bond motifs is 1. The number of aromatic nitrogens is 2. The SMILES string of the molecule is Cn1nc2cc(Br)ccc2c1C(=O)N1CCC(S(=O)(=O)c2ccc(Cl)cc2)C1. The standard InChI is InChI=1S/C19H17BrClN3O3S/c1-23-18(16-7-2-12(20)10-17(16)22-23)19(25)24-9-8-15(11-24)28(26,27)14-5-3-13(21)4-6-14/h2-7,10,15H,8-9,11H2,1H3. The number of aryl methyl sites for hydroxylation is 1. The van der Waals surface area contributed by atoms with Crippen molar-refractivity contribution in [2.45, 2.75) is 16.6 Å². The molecule has 0 N–H and O–H groups in total. The van der Waals surface area contributed by atoms with Gasteiger partial charge in [-0.3, -0.25) is 9.48 Å². The number of amides is 1. The second-order valence-electron chi connectivity index (χ2n) is 6.79. The Labute approximate surface area is 176 Å². The average molecular weight is 483 g/mol. The number of halogens is 2. The van der Waals surface area contributed by atoms with Gasteiger partial charge in [-0.1, -0.05) is 27.5 Å². The van der Waals surface area contributed by atoms with Crippen molar-refractivity contribution < 1.29 is 13.2 Å². The zero-order valence-corrected chi connectivity index (χ0v) is 18.1. The fourth-order valence-electron chi connectivity index (χ4n) is 3.56. The molecular weight excluding hydrogens is 466 g/mol. The summed E-state index contributed by atoms with van der Waals surface area (Å²) in [7, 11) is -1.81. The summed E-state index contributed by atoms with van der Waals surface area (Å²) >= 11 is 9.26. The molecule has 1 saturated heterocycles. The van der Waals surface area contributed by atoms with Crippen molar-refractivity contribution in [3.05, 3.63) is 57.7 Å². The molecule has 146 valence electrons. The summed E-state index contributed by atoms with van der Waals surface area (Å²) < 4.78 is 28.3. The van der Waals surface area contributed by atoms with Crippen molar-refractivity contribution in [1.82, 2.24) is 14.7 Å². The molecule has 6 nitrogen and oxygen atoms in total. The van der Waals surface area contributed by atoms with E-state index in [4.69, 9.17) is 11.6 Å². The Morgan fingerprint density at radius 1 is 1.21 bits per heavy atom. The van der Waals surface area contributed by atoms with E-state index in [1.54, 1.807) is 28.8 Å². The first-order chi connectivity index (χ1) is 13.3. The predicted octanol–water partition coefficient (Wildman–Crippen LogP) is 3.68. The smallest absolute Gasteiger partial charge is 0.272 e. The molecule has 1 unspecified atom stereocenters. The van der Waals surface area contributed by atoms with Crippen LogP contribution in [0.2, 0.25) is 5.02 Å². The molecule has 0 spiro atoms. The maximum absolute atomic E-state index is 13.1. The molecule has 1 amide bonds. The van der Waals surface area contributed by atoms with E-state index in [0.717, 1.165) is 9.86 Å². The first-order valence-corrected chi connectivity index (χ1v) is 11.4. The van der Waals surface area contributed by atoms with Gasteiger partial charge in [0, 0.05) is 35.0 Å². The van der Waals surface area contributed by atoms with Crippen LogP contribution in [-0.2, 0) is 16.9 Å². The van der Waals surface area contributed by atoms with E-state index in [1.807, 2.05) is 18.2 Å². The summed E-state index contributed by atoms with van der Waals surface area (Å²) in [6.07, 6.45) is 0.401. The molecule has 0 radical (unpaired) electrons. The van der Waals surface area contributed by atoms with Gasteiger partial charge in [0.15, 0.2) is 9.84 Å². The quantitative estimate of drug-likeness (QED) is 0.571. The first-order valence-electron chi connectivity index (χ1n) is 8.68. The Balaban J connectivity index is 1.60. The maximum atomic E-state index is 13.1. The van der Waals surface area contributed by atoms with Crippen LogP contribution < -0.4 is 0 Å². The number of likely N-dealkylation sites (tertiary alicyclic amines) is 1. The van der Waals surface area contributed by atoms with E-state index in [1.165, 1.54) is 12.1 Å². The van der Waals surface area contributed by atoms with E-state index in [9.17, 15) is 13.2 Å². The Kier molecular flexibility index (Phi) is 4.97. The molecule has 9 heteroatoms. The van der Waals surface area contributed by atoms with Crippen LogP contribution in [0.15, 0.2) is 51.8 Å². The van der Waals surface area contributed by atoms with Gasteiger partial charge < -0.3 is 4.90 Å². The minimum atomic E-state index is -3.53. The lowest BCUT2D eigenvalue weighted by atomic mass is 10.2. The molecule has 1 atom stereocenters. The molecule has 2 heterocycles.